The van der Waals surface area contributed by atoms with Gasteiger partial charge in [-0.2, -0.15) is 13.2 Å². The number of nitro groups is 1. The summed E-state index contributed by atoms with van der Waals surface area (Å²) in [5, 5.41) is 19.5. The Hall–Kier alpha value is -2.69. The fraction of sp³-hybridized carbons (Fsp3) is 0.529. The van der Waals surface area contributed by atoms with E-state index in [1.165, 1.54) is 12.1 Å². The van der Waals surface area contributed by atoms with Crippen LogP contribution in [0.3, 0.4) is 0 Å². The van der Waals surface area contributed by atoms with Gasteiger partial charge in [-0.05, 0) is 6.92 Å². The summed E-state index contributed by atoms with van der Waals surface area (Å²) in [5.41, 5.74) is 0.571. The third-order valence-electron chi connectivity index (χ3n) is 4.73. The van der Waals surface area contributed by atoms with Crippen molar-refractivity contribution in [1.29, 1.82) is 0 Å². The van der Waals surface area contributed by atoms with Crippen molar-refractivity contribution in [2.24, 2.45) is 0 Å². The van der Waals surface area contributed by atoms with Crippen LogP contribution < -0.4 is 4.90 Å². The standard InChI is InChI=1S/C17H21F3N6O2/c1-2-25-15(13-4-3-5-14(12-13)26(27)28)21-22-16(25)24-10-8-23(9-11-24)7-6-17(18,19)20/h3-5,12H,2,6-11H2,1H3. The average Bonchev–Trinajstić information content (AvgIpc) is 3.10. The molecule has 0 saturated carbocycles. The Morgan fingerprint density at radius 1 is 1.18 bits per heavy atom. The lowest BCUT2D eigenvalue weighted by Crippen LogP contribution is -2.48. The fourth-order valence-electron chi connectivity index (χ4n) is 3.25. The maximum absolute atomic E-state index is 12.4. The molecule has 0 aliphatic carbocycles. The second kappa shape index (κ2) is 8.13. The summed E-state index contributed by atoms with van der Waals surface area (Å²) >= 11 is 0. The van der Waals surface area contributed by atoms with Crippen molar-refractivity contribution >= 4 is 11.6 Å². The minimum atomic E-state index is -4.15. The maximum Gasteiger partial charge on any atom is 0.390 e. The number of alkyl halides is 3. The first kappa shape index (κ1) is 20.1. The highest BCUT2D eigenvalue weighted by Gasteiger charge is 2.29. The highest BCUT2D eigenvalue weighted by atomic mass is 19.4. The van der Waals surface area contributed by atoms with Gasteiger partial charge in [0.05, 0.1) is 11.3 Å². The van der Waals surface area contributed by atoms with Crippen molar-refractivity contribution in [1.82, 2.24) is 19.7 Å². The average molecular weight is 398 g/mol. The minimum Gasteiger partial charge on any atom is -0.338 e. The molecule has 0 unspecified atom stereocenters. The van der Waals surface area contributed by atoms with Gasteiger partial charge in [-0.1, -0.05) is 12.1 Å². The van der Waals surface area contributed by atoms with Gasteiger partial charge in [0.1, 0.15) is 0 Å². The number of piperazine rings is 1. The van der Waals surface area contributed by atoms with Crippen LogP contribution in [0.2, 0.25) is 0 Å². The largest absolute Gasteiger partial charge is 0.390 e. The Balaban J connectivity index is 1.73. The first-order valence-electron chi connectivity index (χ1n) is 9.00. The topological polar surface area (TPSA) is 80.3 Å². The van der Waals surface area contributed by atoms with E-state index in [2.05, 4.69) is 10.2 Å². The Morgan fingerprint density at radius 2 is 1.89 bits per heavy atom. The third kappa shape index (κ3) is 4.58. The van der Waals surface area contributed by atoms with Gasteiger partial charge in [-0.25, -0.2) is 0 Å². The summed E-state index contributed by atoms with van der Waals surface area (Å²) in [6, 6.07) is 6.20. The van der Waals surface area contributed by atoms with E-state index in [0.29, 0.717) is 50.1 Å². The molecule has 0 spiro atoms. The number of hydrogen-bond acceptors (Lipinski definition) is 6. The fourth-order valence-corrected chi connectivity index (χ4v) is 3.25. The second-order valence-corrected chi connectivity index (χ2v) is 6.57. The van der Waals surface area contributed by atoms with E-state index in [1.54, 1.807) is 17.0 Å². The van der Waals surface area contributed by atoms with Gasteiger partial charge in [0, 0.05) is 57.0 Å². The third-order valence-corrected chi connectivity index (χ3v) is 4.73. The van der Waals surface area contributed by atoms with Crippen LogP contribution >= 0.6 is 0 Å². The molecular formula is C17H21F3N6O2. The number of rotatable bonds is 6. The lowest BCUT2D eigenvalue weighted by atomic mass is 10.2. The normalized spacial score (nSPS) is 15.8. The zero-order valence-corrected chi connectivity index (χ0v) is 15.4. The Morgan fingerprint density at radius 3 is 2.50 bits per heavy atom. The molecule has 0 N–H and O–H groups in total. The van der Waals surface area contributed by atoms with Crippen LogP contribution in [0.5, 0.6) is 0 Å². The summed E-state index contributed by atoms with van der Waals surface area (Å²) < 4.78 is 39.0. The van der Waals surface area contributed by atoms with Crippen molar-refractivity contribution in [3.8, 4) is 11.4 Å². The zero-order chi connectivity index (χ0) is 20.3. The lowest BCUT2D eigenvalue weighted by Gasteiger charge is -2.35. The van der Waals surface area contributed by atoms with Crippen LogP contribution in [0.25, 0.3) is 11.4 Å². The molecule has 152 valence electrons. The van der Waals surface area contributed by atoms with Gasteiger partial charge in [0.25, 0.3) is 5.69 Å². The smallest absolute Gasteiger partial charge is 0.338 e. The monoisotopic (exact) mass is 398 g/mol. The molecular weight excluding hydrogens is 377 g/mol. The molecule has 1 aromatic heterocycles. The van der Waals surface area contributed by atoms with Crippen molar-refractivity contribution in [3.63, 3.8) is 0 Å². The first-order valence-corrected chi connectivity index (χ1v) is 9.00. The maximum atomic E-state index is 12.4. The van der Waals surface area contributed by atoms with Crippen LogP contribution in [-0.2, 0) is 6.54 Å². The Kier molecular flexibility index (Phi) is 5.82. The number of halogens is 3. The van der Waals surface area contributed by atoms with Gasteiger partial charge < -0.3 is 4.90 Å². The predicted molar refractivity (Wildman–Crippen MR) is 97.1 cm³/mol. The van der Waals surface area contributed by atoms with Gasteiger partial charge in [0.2, 0.25) is 5.95 Å². The molecule has 8 nitrogen and oxygen atoms in total. The molecule has 0 bridgehead atoms. The molecule has 2 aromatic rings. The Labute approximate surface area is 159 Å². The molecule has 28 heavy (non-hydrogen) atoms. The molecule has 2 heterocycles. The zero-order valence-electron chi connectivity index (χ0n) is 15.4. The summed E-state index contributed by atoms with van der Waals surface area (Å²) in [6.45, 7) is 4.60. The number of benzene rings is 1. The SMILES string of the molecule is CCn1c(-c2cccc([N+](=O)[O-])c2)nnc1N1CCN(CCC(F)(F)F)CC1. The van der Waals surface area contributed by atoms with E-state index >= 15 is 0 Å². The first-order chi connectivity index (χ1) is 13.3. The highest BCUT2D eigenvalue weighted by molar-refractivity contribution is 5.61. The van der Waals surface area contributed by atoms with Crippen LogP contribution in [0.4, 0.5) is 24.8 Å². The van der Waals surface area contributed by atoms with Gasteiger partial charge in [0.15, 0.2) is 5.82 Å². The molecule has 1 aliphatic rings. The molecule has 1 aromatic carbocycles. The number of aromatic nitrogens is 3. The van der Waals surface area contributed by atoms with E-state index in [0.717, 1.165) is 0 Å². The summed E-state index contributed by atoms with van der Waals surface area (Å²) in [4.78, 5) is 14.3. The van der Waals surface area contributed by atoms with Crippen LogP contribution in [0.1, 0.15) is 13.3 Å². The van der Waals surface area contributed by atoms with E-state index in [4.69, 9.17) is 0 Å². The van der Waals surface area contributed by atoms with E-state index in [1.807, 2.05) is 16.4 Å². The number of anilines is 1. The highest BCUT2D eigenvalue weighted by Crippen LogP contribution is 2.26. The number of nitrogens with zero attached hydrogens (tertiary/aromatic N) is 6. The predicted octanol–water partition coefficient (Wildman–Crippen LogP) is 2.95. The second-order valence-electron chi connectivity index (χ2n) is 6.57. The lowest BCUT2D eigenvalue weighted by molar-refractivity contribution is -0.384. The van der Waals surface area contributed by atoms with Crippen LogP contribution in [0, 0.1) is 10.1 Å². The Bertz CT molecular complexity index is 831. The number of hydrogen-bond donors (Lipinski definition) is 0. The summed E-state index contributed by atoms with van der Waals surface area (Å²) in [5.74, 6) is 1.15. The van der Waals surface area contributed by atoms with E-state index in [-0.39, 0.29) is 12.2 Å². The molecule has 1 fully saturated rings. The van der Waals surface area contributed by atoms with Crippen molar-refractivity contribution in [3.05, 3.63) is 34.4 Å². The minimum absolute atomic E-state index is 0.00323. The van der Waals surface area contributed by atoms with Gasteiger partial charge >= 0.3 is 6.18 Å². The van der Waals surface area contributed by atoms with Gasteiger partial charge in [-0.15, -0.1) is 10.2 Å². The van der Waals surface area contributed by atoms with Crippen LogP contribution in [0.15, 0.2) is 24.3 Å². The van der Waals surface area contributed by atoms with Crippen LogP contribution in [-0.4, -0.2) is 63.5 Å². The molecule has 1 aliphatic heterocycles. The van der Waals surface area contributed by atoms with E-state index in [9.17, 15) is 23.3 Å². The molecule has 3 rings (SSSR count). The number of nitro benzene ring substituents is 1. The number of non-ortho nitro benzene ring substituents is 1. The molecule has 0 amide bonds. The quantitative estimate of drug-likeness (QED) is 0.550. The summed E-state index contributed by atoms with van der Waals surface area (Å²) in [7, 11) is 0. The summed E-state index contributed by atoms with van der Waals surface area (Å²) in [6.07, 6.45) is -4.96. The van der Waals surface area contributed by atoms with Gasteiger partial charge in [-0.3, -0.25) is 19.6 Å². The molecule has 0 atom stereocenters. The molecule has 1 saturated heterocycles. The van der Waals surface area contributed by atoms with Crippen molar-refractivity contribution in [2.75, 3.05) is 37.6 Å². The van der Waals surface area contributed by atoms with E-state index < -0.39 is 17.5 Å². The van der Waals surface area contributed by atoms with Crippen molar-refractivity contribution in [2.45, 2.75) is 26.1 Å². The molecule has 0 radical (unpaired) electrons. The molecule has 11 heteroatoms. The van der Waals surface area contributed by atoms with Crippen molar-refractivity contribution < 1.29 is 18.1 Å².